The van der Waals surface area contributed by atoms with Gasteiger partial charge in [0.1, 0.15) is 11.3 Å². The molecule has 1 aromatic carbocycles. The minimum atomic E-state index is 0.0315. The molecule has 0 aliphatic rings. The Hall–Kier alpha value is -0.800. The summed E-state index contributed by atoms with van der Waals surface area (Å²) >= 11 is 3.44. The summed E-state index contributed by atoms with van der Waals surface area (Å²) < 4.78 is 16.9. The maximum atomic E-state index is 12.9. The van der Waals surface area contributed by atoms with E-state index >= 15 is 0 Å². The van der Waals surface area contributed by atoms with Gasteiger partial charge in [-0.3, -0.25) is 4.79 Å². The molecule has 0 fully saturated rings. The molecular weight excluding hydrogens is 391 g/mol. The molecule has 136 valence electrons. The first-order valence-corrected chi connectivity index (χ1v) is 9.91. The highest BCUT2D eigenvalue weighted by Gasteiger charge is 2.26. The van der Waals surface area contributed by atoms with Gasteiger partial charge < -0.3 is 14.2 Å². The van der Waals surface area contributed by atoms with E-state index < -0.39 is 0 Å². The van der Waals surface area contributed by atoms with E-state index in [0.717, 1.165) is 12.6 Å². The molecule has 4 nitrogen and oxygen atoms in total. The van der Waals surface area contributed by atoms with Crippen LogP contribution in [0.5, 0.6) is 17.2 Å². The van der Waals surface area contributed by atoms with Crippen LogP contribution in [0.2, 0.25) is 0 Å². The Morgan fingerprint density at radius 1 is 1.17 bits per heavy atom. The van der Waals surface area contributed by atoms with Crippen molar-refractivity contribution >= 4 is 30.0 Å². The summed E-state index contributed by atoms with van der Waals surface area (Å²) in [6.45, 7) is 8.86. The lowest BCUT2D eigenvalue weighted by molar-refractivity contribution is 0.107. The van der Waals surface area contributed by atoms with Crippen LogP contribution in [-0.2, 0) is 0 Å². The summed E-state index contributed by atoms with van der Waals surface area (Å²) in [5.41, 5.74) is 0.748. The molecule has 0 spiro atoms. The highest BCUT2D eigenvalue weighted by Crippen LogP contribution is 2.45. The smallest absolute Gasteiger partial charge is 0.188 e. The van der Waals surface area contributed by atoms with Crippen LogP contribution in [0.1, 0.15) is 44.5 Å². The molecule has 0 amide bonds. The summed E-state index contributed by atoms with van der Waals surface area (Å²) in [6, 6.07) is 1.75. The predicted octanol–water partition coefficient (Wildman–Crippen LogP) is 5.37. The van der Waals surface area contributed by atoms with Gasteiger partial charge in [0.2, 0.25) is 0 Å². The van der Waals surface area contributed by atoms with Gasteiger partial charge in [-0.25, -0.2) is 0 Å². The van der Waals surface area contributed by atoms with Crippen molar-refractivity contribution in [2.24, 2.45) is 11.3 Å². The van der Waals surface area contributed by atoms with Crippen molar-refractivity contribution in [3.63, 3.8) is 0 Å². The number of ether oxygens (including phenoxy) is 3. The summed E-state index contributed by atoms with van der Waals surface area (Å²) in [5.74, 6) is 1.92. The number of carbonyl (C=O) groups excluding carboxylic acids is 1. The van der Waals surface area contributed by atoms with Gasteiger partial charge in [0.05, 0.1) is 25.8 Å². The molecule has 1 rings (SSSR count). The van der Waals surface area contributed by atoms with E-state index in [9.17, 15) is 4.79 Å². The lowest BCUT2D eigenvalue weighted by atomic mass is 9.86. The monoisotopic (exact) mass is 418 g/mol. The second-order valence-corrected chi connectivity index (χ2v) is 9.15. The Kier molecular flexibility index (Phi) is 8.01. The SMILES string of the molecule is COc1cc(Br)c(OC)c(C(=O)PCC(C)CC(C)(C)C)c1OC. The first kappa shape index (κ1) is 21.2. The van der Waals surface area contributed by atoms with Crippen LogP contribution < -0.4 is 14.2 Å². The predicted molar refractivity (Wildman–Crippen MR) is 105 cm³/mol. The number of hydrogen-bond donors (Lipinski definition) is 0. The van der Waals surface area contributed by atoms with Crippen molar-refractivity contribution in [1.29, 1.82) is 0 Å². The van der Waals surface area contributed by atoms with Crippen LogP contribution in [0.15, 0.2) is 10.5 Å². The lowest BCUT2D eigenvalue weighted by Crippen LogP contribution is -2.13. The zero-order valence-corrected chi connectivity index (χ0v) is 18.2. The molecule has 0 heterocycles. The fraction of sp³-hybridized carbons (Fsp3) is 0.611. The van der Waals surface area contributed by atoms with E-state index in [1.807, 2.05) is 0 Å². The Morgan fingerprint density at radius 2 is 1.75 bits per heavy atom. The highest BCUT2D eigenvalue weighted by atomic mass is 79.9. The molecule has 0 saturated carbocycles. The molecule has 0 radical (unpaired) electrons. The zero-order chi connectivity index (χ0) is 18.5. The topological polar surface area (TPSA) is 44.8 Å². The third-order valence-electron chi connectivity index (χ3n) is 3.58. The van der Waals surface area contributed by atoms with Gasteiger partial charge in [0, 0.05) is 6.07 Å². The lowest BCUT2D eigenvalue weighted by Gasteiger charge is -2.23. The quantitative estimate of drug-likeness (QED) is 0.532. The van der Waals surface area contributed by atoms with Gasteiger partial charge in [-0.1, -0.05) is 27.7 Å². The second-order valence-electron chi connectivity index (χ2n) is 7.08. The molecule has 0 aliphatic carbocycles. The van der Waals surface area contributed by atoms with Crippen LogP contribution in [0.4, 0.5) is 0 Å². The fourth-order valence-electron chi connectivity index (χ4n) is 2.82. The van der Waals surface area contributed by atoms with Gasteiger partial charge in [0.15, 0.2) is 17.0 Å². The number of methoxy groups -OCH3 is 3. The van der Waals surface area contributed by atoms with Gasteiger partial charge in [0.25, 0.3) is 0 Å². The summed E-state index contributed by atoms with van der Waals surface area (Å²) in [6.07, 6.45) is 1.95. The Labute approximate surface area is 155 Å². The van der Waals surface area contributed by atoms with Gasteiger partial charge >= 0.3 is 0 Å². The molecule has 2 unspecified atom stereocenters. The van der Waals surface area contributed by atoms with Gasteiger partial charge in [-0.2, -0.15) is 0 Å². The Balaban J connectivity index is 3.07. The maximum Gasteiger partial charge on any atom is 0.188 e. The average molecular weight is 419 g/mol. The van der Waals surface area contributed by atoms with E-state index in [2.05, 4.69) is 43.6 Å². The van der Waals surface area contributed by atoms with E-state index in [4.69, 9.17) is 14.2 Å². The molecule has 0 aromatic heterocycles. The van der Waals surface area contributed by atoms with Crippen LogP contribution in [0.3, 0.4) is 0 Å². The van der Waals surface area contributed by atoms with Crippen LogP contribution in [-0.4, -0.2) is 33.0 Å². The molecule has 0 saturated heterocycles. The summed E-state index contributed by atoms with van der Waals surface area (Å²) in [7, 11) is 4.81. The molecule has 0 aliphatic heterocycles. The van der Waals surface area contributed by atoms with E-state index in [1.54, 1.807) is 20.3 Å². The van der Waals surface area contributed by atoms with Crippen molar-refractivity contribution in [1.82, 2.24) is 0 Å². The van der Waals surface area contributed by atoms with Crippen molar-refractivity contribution in [3.8, 4) is 17.2 Å². The zero-order valence-electron chi connectivity index (χ0n) is 15.6. The van der Waals surface area contributed by atoms with Gasteiger partial charge in [-0.05, 0) is 48.4 Å². The third-order valence-corrected chi connectivity index (χ3v) is 5.64. The first-order chi connectivity index (χ1) is 11.1. The molecule has 2 atom stereocenters. The minimum absolute atomic E-state index is 0.0315. The van der Waals surface area contributed by atoms with Gasteiger partial charge in [-0.15, -0.1) is 0 Å². The summed E-state index contributed by atoms with van der Waals surface area (Å²) in [5, 5.41) is 0. The largest absolute Gasteiger partial charge is 0.495 e. The fourth-order valence-corrected chi connectivity index (χ4v) is 4.47. The van der Waals surface area contributed by atoms with Crippen molar-refractivity contribution in [2.45, 2.75) is 34.1 Å². The second kappa shape index (κ2) is 9.05. The Morgan fingerprint density at radius 3 is 2.21 bits per heavy atom. The number of benzene rings is 1. The van der Waals surface area contributed by atoms with Crippen LogP contribution >= 0.6 is 24.5 Å². The number of hydrogen-bond acceptors (Lipinski definition) is 4. The molecular formula is C18H28BrO4P. The standard InChI is InChI=1S/C18H28BrO4P/c1-11(9-18(2,3)4)10-24-17(20)14-15(22-6)12(19)8-13(21-5)16(14)23-7/h8,11,24H,9-10H2,1-7H3. The van der Waals surface area contributed by atoms with Crippen LogP contribution in [0.25, 0.3) is 0 Å². The molecule has 1 aromatic rings. The number of halogens is 1. The highest BCUT2D eigenvalue weighted by molar-refractivity contribution is 9.10. The van der Waals surface area contributed by atoms with E-state index in [0.29, 0.717) is 33.2 Å². The minimum Gasteiger partial charge on any atom is -0.495 e. The van der Waals surface area contributed by atoms with Crippen molar-refractivity contribution in [2.75, 3.05) is 27.5 Å². The van der Waals surface area contributed by atoms with Crippen molar-refractivity contribution in [3.05, 3.63) is 16.1 Å². The number of carbonyl (C=O) groups is 1. The molecule has 24 heavy (non-hydrogen) atoms. The van der Waals surface area contributed by atoms with Crippen LogP contribution in [0, 0.1) is 11.3 Å². The number of rotatable bonds is 8. The van der Waals surface area contributed by atoms with E-state index in [1.165, 1.54) is 7.11 Å². The average Bonchev–Trinajstić information content (AvgIpc) is 2.49. The molecule has 0 bridgehead atoms. The third kappa shape index (κ3) is 5.63. The first-order valence-electron chi connectivity index (χ1n) is 7.91. The van der Waals surface area contributed by atoms with E-state index in [-0.39, 0.29) is 19.5 Å². The maximum absolute atomic E-state index is 12.9. The molecule has 0 N–H and O–H groups in total. The summed E-state index contributed by atoms with van der Waals surface area (Å²) in [4.78, 5) is 12.9. The normalized spacial score (nSPS) is 13.2. The Bertz CT molecular complexity index is 581. The molecule has 6 heteroatoms. The van der Waals surface area contributed by atoms with Crippen molar-refractivity contribution < 1.29 is 19.0 Å².